The molecule has 3 rings (SSSR count). The molecule has 1 aliphatic rings. The van der Waals surface area contributed by atoms with Crippen molar-refractivity contribution in [2.45, 2.75) is 45.3 Å². The summed E-state index contributed by atoms with van der Waals surface area (Å²) in [7, 11) is 0. The van der Waals surface area contributed by atoms with Crippen molar-refractivity contribution >= 4 is 11.0 Å². The molecule has 0 N–H and O–H groups in total. The molecule has 4 nitrogen and oxygen atoms in total. The molecular formula is C16H20N4. The molecule has 0 bridgehead atoms. The molecule has 1 atom stereocenters. The van der Waals surface area contributed by atoms with E-state index in [-0.39, 0.29) is 0 Å². The zero-order chi connectivity index (χ0) is 13.9. The first-order chi connectivity index (χ1) is 9.79. The van der Waals surface area contributed by atoms with Crippen molar-refractivity contribution in [1.82, 2.24) is 14.5 Å². The first kappa shape index (κ1) is 13.1. The Balaban J connectivity index is 1.94. The molecule has 20 heavy (non-hydrogen) atoms. The van der Waals surface area contributed by atoms with Crippen molar-refractivity contribution in [3.63, 3.8) is 0 Å². The van der Waals surface area contributed by atoms with Crippen LogP contribution in [0.3, 0.4) is 0 Å². The van der Waals surface area contributed by atoms with Crippen LogP contribution < -0.4 is 0 Å². The predicted octanol–water partition coefficient (Wildman–Crippen LogP) is 2.93. The summed E-state index contributed by atoms with van der Waals surface area (Å²) in [4.78, 5) is 7.21. The van der Waals surface area contributed by atoms with E-state index in [9.17, 15) is 0 Å². The maximum atomic E-state index is 9.07. The smallest absolute Gasteiger partial charge is 0.125 e. The minimum Gasteiger partial charge on any atom is -0.313 e. The van der Waals surface area contributed by atoms with Gasteiger partial charge in [-0.25, -0.2) is 4.98 Å². The fourth-order valence-electron chi connectivity index (χ4n) is 3.07. The summed E-state index contributed by atoms with van der Waals surface area (Å²) >= 11 is 0. The third-order valence-corrected chi connectivity index (χ3v) is 4.25. The SMILES string of the molecule is CC1CCCCN1Cc1nc2ccccc2n1CC#N. The van der Waals surface area contributed by atoms with E-state index in [1.54, 1.807) is 0 Å². The lowest BCUT2D eigenvalue weighted by molar-refractivity contribution is 0.147. The molecule has 1 aromatic heterocycles. The van der Waals surface area contributed by atoms with E-state index in [1.165, 1.54) is 19.3 Å². The van der Waals surface area contributed by atoms with Gasteiger partial charge < -0.3 is 4.57 Å². The third kappa shape index (κ3) is 2.41. The van der Waals surface area contributed by atoms with E-state index in [4.69, 9.17) is 10.2 Å². The number of rotatable bonds is 3. The number of para-hydroxylation sites is 2. The van der Waals surface area contributed by atoms with Gasteiger partial charge in [0.25, 0.3) is 0 Å². The molecule has 2 aromatic rings. The molecule has 1 fully saturated rings. The zero-order valence-electron chi connectivity index (χ0n) is 11.9. The quantitative estimate of drug-likeness (QED) is 0.859. The Kier molecular flexibility index (Phi) is 3.70. The topological polar surface area (TPSA) is 44.9 Å². The number of hydrogen-bond donors (Lipinski definition) is 0. The maximum Gasteiger partial charge on any atom is 0.125 e. The van der Waals surface area contributed by atoms with Crippen LogP contribution in [0.15, 0.2) is 24.3 Å². The second-order valence-corrected chi connectivity index (χ2v) is 5.58. The lowest BCUT2D eigenvalue weighted by Crippen LogP contribution is -2.37. The van der Waals surface area contributed by atoms with Gasteiger partial charge in [-0.05, 0) is 38.4 Å². The van der Waals surface area contributed by atoms with E-state index >= 15 is 0 Å². The Labute approximate surface area is 119 Å². The molecule has 1 aromatic carbocycles. The van der Waals surface area contributed by atoms with Crippen molar-refractivity contribution in [3.8, 4) is 6.07 Å². The highest BCUT2D eigenvalue weighted by molar-refractivity contribution is 5.76. The second-order valence-electron chi connectivity index (χ2n) is 5.58. The summed E-state index contributed by atoms with van der Waals surface area (Å²) in [5, 5.41) is 9.07. The number of benzene rings is 1. The molecule has 2 heterocycles. The summed E-state index contributed by atoms with van der Waals surface area (Å²) in [5.74, 6) is 1.02. The Morgan fingerprint density at radius 2 is 2.20 bits per heavy atom. The number of imidazole rings is 1. The van der Waals surface area contributed by atoms with Crippen LogP contribution >= 0.6 is 0 Å². The van der Waals surface area contributed by atoms with Crippen LogP contribution in [0.2, 0.25) is 0 Å². The van der Waals surface area contributed by atoms with Gasteiger partial charge in [0.1, 0.15) is 12.4 Å². The van der Waals surface area contributed by atoms with Crippen LogP contribution in [0.1, 0.15) is 32.0 Å². The van der Waals surface area contributed by atoms with Gasteiger partial charge in [0.15, 0.2) is 0 Å². The van der Waals surface area contributed by atoms with Gasteiger partial charge in [0.2, 0.25) is 0 Å². The van der Waals surface area contributed by atoms with Gasteiger partial charge in [-0.15, -0.1) is 0 Å². The van der Waals surface area contributed by atoms with Gasteiger partial charge in [-0.2, -0.15) is 5.26 Å². The minimum atomic E-state index is 0.373. The molecule has 0 amide bonds. The molecular weight excluding hydrogens is 248 g/mol. The summed E-state index contributed by atoms with van der Waals surface area (Å²) in [5.41, 5.74) is 2.05. The van der Waals surface area contributed by atoms with Gasteiger partial charge in [-0.1, -0.05) is 18.6 Å². The first-order valence-corrected chi connectivity index (χ1v) is 7.34. The maximum absolute atomic E-state index is 9.07. The number of aromatic nitrogens is 2. The molecule has 0 radical (unpaired) electrons. The predicted molar refractivity (Wildman–Crippen MR) is 79.1 cm³/mol. The van der Waals surface area contributed by atoms with Crippen LogP contribution in [0.5, 0.6) is 0 Å². The van der Waals surface area contributed by atoms with Gasteiger partial charge >= 0.3 is 0 Å². The average Bonchev–Trinajstić information content (AvgIpc) is 2.80. The largest absolute Gasteiger partial charge is 0.313 e. The highest BCUT2D eigenvalue weighted by Crippen LogP contribution is 2.21. The highest BCUT2D eigenvalue weighted by Gasteiger charge is 2.21. The number of piperidine rings is 1. The van der Waals surface area contributed by atoms with E-state index in [0.29, 0.717) is 12.6 Å². The summed E-state index contributed by atoms with van der Waals surface area (Å²) in [6.45, 7) is 4.64. The fourth-order valence-corrected chi connectivity index (χ4v) is 3.07. The van der Waals surface area contributed by atoms with Crippen molar-refractivity contribution in [2.75, 3.05) is 6.54 Å². The third-order valence-electron chi connectivity index (χ3n) is 4.25. The minimum absolute atomic E-state index is 0.373. The average molecular weight is 268 g/mol. The molecule has 1 aliphatic heterocycles. The summed E-state index contributed by atoms with van der Waals surface area (Å²) < 4.78 is 2.05. The lowest BCUT2D eigenvalue weighted by Gasteiger charge is -2.32. The fraction of sp³-hybridized carbons (Fsp3) is 0.500. The van der Waals surface area contributed by atoms with Crippen molar-refractivity contribution in [1.29, 1.82) is 5.26 Å². The van der Waals surface area contributed by atoms with E-state index < -0.39 is 0 Å². The highest BCUT2D eigenvalue weighted by atomic mass is 15.2. The normalized spacial score (nSPS) is 20.1. The number of likely N-dealkylation sites (tertiary alicyclic amines) is 1. The number of hydrogen-bond acceptors (Lipinski definition) is 3. The Morgan fingerprint density at radius 3 is 3.00 bits per heavy atom. The van der Waals surface area contributed by atoms with Crippen LogP contribution in [0.25, 0.3) is 11.0 Å². The van der Waals surface area contributed by atoms with Crippen LogP contribution in [0.4, 0.5) is 0 Å². The summed E-state index contributed by atoms with van der Waals surface area (Å²) in [6, 6.07) is 10.9. The molecule has 104 valence electrons. The van der Waals surface area contributed by atoms with Crippen LogP contribution in [0, 0.1) is 11.3 Å². The Morgan fingerprint density at radius 1 is 1.35 bits per heavy atom. The van der Waals surface area contributed by atoms with E-state index in [0.717, 1.165) is 29.9 Å². The van der Waals surface area contributed by atoms with Crippen LogP contribution in [-0.2, 0) is 13.1 Å². The number of nitrogens with zero attached hydrogens (tertiary/aromatic N) is 4. The van der Waals surface area contributed by atoms with Crippen LogP contribution in [-0.4, -0.2) is 27.0 Å². The molecule has 0 saturated carbocycles. The van der Waals surface area contributed by atoms with E-state index in [1.807, 2.05) is 24.3 Å². The Bertz CT molecular complexity index is 637. The summed E-state index contributed by atoms with van der Waals surface area (Å²) in [6.07, 6.45) is 3.85. The van der Waals surface area contributed by atoms with E-state index in [2.05, 4.69) is 22.5 Å². The van der Waals surface area contributed by atoms with Gasteiger partial charge in [0.05, 0.1) is 23.6 Å². The van der Waals surface area contributed by atoms with Crippen molar-refractivity contribution < 1.29 is 0 Å². The van der Waals surface area contributed by atoms with Gasteiger partial charge in [-0.3, -0.25) is 4.90 Å². The zero-order valence-corrected chi connectivity index (χ0v) is 11.9. The second kappa shape index (κ2) is 5.64. The Hall–Kier alpha value is -1.86. The van der Waals surface area contributed by atoms with Crippen molar-refractivity contribution in [2.24, 2.45) is 0 Å². The lowest BCUT2D eigenvalue weighted by atomic mass is 10.0. The number of nitriles is 1. The number of fused-ring (bicyclic) bond motifs is 1. The monoisotopic (exact) mass is 268 g/mol. The molecule has 1 saturated heterocycles. The molecule has 0 aliphatic carbocycles. The standard InChI is InChI=1S/C16H20N4/c1-13-6-4-5-10-19(13)12-16-18-14-7-2-3-8-15(14)20(16)11-9-17/h2-3,7-8,13H,4-6,10-12H2,1H3. The molecule has 0 spiro atoms. The first-order valence-electron chi connectivity index (χ1n) is 7.34. The van der Waals surface area contributed by atoms with Crippen molar-refractivity contribution in [3.05, 3.63) is 30.1 Å². The molecule has 1 unspecified atom stereocenters. The molecule has 4 heteroatoms. The van der Waals surface area contributed by atoms with Gasteiger partial charge in [0, 0.05) is 6.04 Å².